The molecular weight excluding hydrogens is 162 g/mol. The normalized spacial score (nSPS) is 9.64. The molecule has 0 aliphatic rings. The van der Waals surface area contributed by atoms with Crippen molar-refractivity contribution in [2.24, 2.45) is 0 Å². The summed E-state index contributed by atoms with van der Waals surface area (Å²) in [7, 11) is 0. The molecule has 58 valence electrons. The van der Waals surface area contributed by atoms with Crippen LogP contribution in [-0.4, -0.2) is 5.24 Å². The molecule has 0 aromatic heterocycles. The fourth-order valence-electron chi connectivity index (χ4n) is 0.840. The van der Waals surface area contributed by atoms with Crippen LogP contribution < -0.4 is 5.73 Å². The van der Waals surface area contributed by atoms with Crippen molar-refractivity contribution in [3.63, 3.8) is 0 Å². The van der Waals surface area contributed by atoms with E-state index in [-0.39, 0.29) is 0 Å². The summed E-state index contributed by atoms with van der Waals surface area (Å²) in [6.07, 6.45) is 0. The van der Waals surface area contributed by atoms with Gasteiger partial charge in [-0.3, -0.25) is 4.79 Å². The third kappa shape index (κ3) is 1.71. The lowest BCUT2D eigenvalue weighted by molar-refractivity contribution is 0.108. The van der Waals surface area contributed by atoms with Gasteiger partial charge in [0.25, 0.3) is 5.24 Å². The van der Waals surface area contributed by atoms with E-state index in [4.69, 9.17) is 17.3 Å². The van der Waals surface area contributed by atoms with Crippen LogP contribution in [0.3, 0.4) is 0 Å². The van der Waals surface area contributed by atoms with Crippen LogP contribution in [0.4, 0.5) is 5.69 Å². The number of hydrogen-bond donors (Lipinski definition) is 1. The fourth-order valence-corrected chi connectivity index (χ4v) is 1.00. The van der Waals surface area contributed by atoms with Gasteiger partial charge in [-0.1, -0.05) is 11.6 Å². The summed E-state index contributed by atoms with van der Waals surface area (Å²) in [5, 5.41) is -0.508. The lowest BCUT2D eigenvalue weighted by Crippen LogP contribution is -1.97. The summed E-state index contributed by atoms with van der Waals surface area (Å²) in [6.45, 7) is 1.88. The zero-order chi connectivity index (χ0) is 8.43. The number of carbonyl (C=O) groups excluding carboxylic acids is 1. The Balaban J connectivity index is 3.23. The van der Waals surface area contributed by atoms with Crippen LogP contribution in [0, 0.1) is 6.92 Å². The van der Waals surface area contributed by atoms with Crippen LogP contribution in [0.1, 0.15) is 15.9 Å². The first-order valence-electron chi connectivity index (χ1n) is 3.17. The number of nitrogens with two attached hydrogens (primary N) is 1. The lowest BCUT2D eigenvalue weighted by Gasteiger charge is -2.00. The van der Waals surface area contributed by atoms with Gasteiger partial charge in [-0.25, -0.2) is 0 Å². The van der Waals surface area contributed by atoms with Crippen molar-refractivity contribution in [3.05, 3.63) is 29.3 Å². The molecule has 2 N–H and O–H groups in total. The molecule has 1 aromatic rings. The van der Waals surface area contributed by atoms with E-state index in [2.05, 4.69) is 0 Å². The third-order valence-corrected chi connectivity index (χ3v) is 1.62. The molecule has 1 rings (SSSR count). The predicted octanol–water partition coefficient (Wildman–Crippen LogP) is 1.96. The van der Waals surface area contributed by atoms with E-state index in [1.54, 1.807) is 12.1 Å². The summed E-state index contributed by atoms with van der Waals surface area (Å²) < 4.78 is 0. The van der Waals surface area contributed by atoms with Crippen molar-refractivity contribution < 1.29 is 4.79 Å². The summed E-state index contributed by atoms with van der Waals surface area (Å²) in [4.78, 5) is 10.7. The van der Waals surface area contributed by atoms with E-state index in [0.717, 1.165) is 5.56 Å². The van der Waals surface area contributed by atoms with Gasteiger partial charge in [0.1, 0.15) is 0 Å². The fraction of sp³-hybridized carbons (Fsp3) is 0.125. The number of aryl methyl sites for hydroxylation is 1. The Hall–Kier alpha value is -1.02. The molecule has 0 heterocycles. The van der Waals surface area contributed by atoms with Crippen molar-refractivity contribution in [2.45, 2.75) is 6.92 Å². The summed E-state index contributed by atoms with van der Waals surface area (Å²) >= 11 is 5.26. The van der Waals surface area contributed by atoms with E-state index in [9.17, 15) is 4.79 Å². The van der Waals surface area contributed by atoms with Gasteiger partial charge in [0, 0.05) is 5.69 Å². The minimum absolute atomic E-state index is 0.381. The molecule has 3 heteroatoms. The summed E-state index contributed by atoms with van der Waals surface area (Å²) in [5.74, 6) is 0. The molecule has 0 saturated heterocycles. The van der Waals surface area contributed by atoms with E-state index < -0.39 is 5.24 Å². The first-order chi connectivity index (χ1) is 5.11. The number of benzene rings is 1. The van der Waals surface area contributed by atoms with Gasteiger partial charge < -0.3 is 5.73 Å². The highest BCUT2D eigenvalue weighted by atomic mass is 35.5. The number of anilines is 1. The highest BCUT2D eigenvalue weighted by molar-refractivity contribution is 6.68. The SMILES string of the molecule is Cc1ccc(N)c(C(=O)Cl)c1. The molecule has 11 heavy (non-hydrogen) atoms. The molecule has 0 amide bonds. The molecule has 0 atom stereocenters. The van der Waals surface area contributed by atoms with Gasteiger partial charge in [-0.05, 0) is 30.7 Å². The van der Waals surface area contributed by atoms with E-state index in [0.29, 0.717) is 11.3 Å². The number of rotatable bonds is 1. The zero-order valence-corrected chi connectivity index (χ0v) is 6.85. The monoisotopic (exact) mass is 169 g/mol. The van der Waals surface area contributed by atoms with Crippen molar-refractivity contribution in [1.29, 1.82) is 0 Å². The van der Waals surface area contributed by atoms with E-state index in [1.807, 2.05) is 13.0 Å². The van der Waals surface area contributed by atoms with Crippen molar-refractivity contribution in [1.82, 2.24) is 0 Å². The number of halogens is 1. The van der Waals surface area contributed by atoms with Gasteiger partial charge >= 0.3 is 0 Å². The summed E-state index contributed by atoms with van der Waals surface area (Å²) in [6, 6.07) is 5.17. The number of carbonyl (C=O) groups is 1. The van der Waals surface area contributed by atoms with Crippen molar-refractivity contribution >= 4 is 22.5 Å². The molecule has 0 saturated carbocycles. The summed E-state index contributed by atoms with van der Waals surface area (Å²) in [5.41, 5.74) is 7.27. The zero-order valence-electron chi connectivity index (χ0n) is 6.10. The average molecular weight is 170 g/mol. The first-order valence-corrected chi connectivity index (χ1v) is 3.55. The van der Waals surface area contributed by atoms with Gasteiger partial charge in [-0.2, -0.15) is 0 Å². The Morgan fingerprint density at radius 3 is 2.64 bits per heavy atom. The van der Waals surface area contributed by atoms with Crippen molar-refractivity contribution in [3.8, 4) is 0 Å². The number of hydrogen-bond acceptors (Lipinski definition) is 2. The van der Waals surface area contributed by atoms with Crippen LogP contribution in [-0.2, 0) is 0 Å². The largest absolute Gasteiger partial charge is 0.398 e. The predicted molar refractivity (Wildman–Crippen MR) is 45.8 cm³/mol. The average Bonchev–Trinajstić information content (AvgIpc) is 1.94. The molecular formula is C8H8ClNO. The minimum atomic E-state index is -0.508. The second-order valence-corrected chi connectivity index (χ2v) is 2.71. The van der Waals surface area contributed by atoms with E-state index in [1.165, 1.54) is 0 Å². The van der Waals surface area contributed by atoms with Crippen LogP contribution in [0.5, 0.6) is 0 Å². The molecule has 0 aliphatic heterocycles. The molecule has 2 nitrogen and oxygen atoms in total. The van der Waals surface area contributed by atoms with Gasteiger partial charge in [0.05, 0.1) is 5.56 Å². The van der Waals surface area contributed by atoms with Crippen LogP contribution in [0.2, 0.25) is 0 Å². The van der Waals surface area contributed by atoms with Crippen molar-refractivity contribution in [2.75, 3.05) is 5.73 Å². The maximum atomic E-state index is 10.7. The molecule has 0 aliphatic carbocycles. The van der Waals surface area contributed by atoms with Gasteiger partial charge in [-0.15, -0.1) is 0 Å². The standard InChI is InChI=1S/C8H8ClNO/c1-5-2-3-7(10)6(4-5)8(9)11/h2-4H,10H2,1H3. The Kier molecular flexibility index (Phi) is 2.15. The molecule has 0 unspecified atom stereocenters. The van der Waals surface area contributed by atoms with Crippen LogP contribution in [0.25, 0.3) is 0 Å². The van der Waals surface area contributed by atoms with Crippen LogP contribution in [0.15, 0.2) is 18.2 Å². The first kappa shape index (κ1) is 8.08. The third-order valence-electron chi connectivity index (χ3n) is 1.42. The highest BCUT2D eigenvalue weighted by Crippen LogP contribution is 2.15. The molecule has 1 aromatic carbocycles. The van der Waals surface area contributed by atoms with Gasteiger partial charge in [0.2, 0.25) is 0 Å². The Morgan fingerprint density at radius 1 is 1.55 bits per heavy atom. The number of nitrogen functional groups attached to an aromatic ring is 1. The molecule has 0 bridgehead atoms. The molecule has 0 fully saturated rings. The quantitative estimate of drug-likeness (QED) is 0.516. The van der Waals surface area contributed by atoms with Gasteiger partial charge in [0.15, 0.2) is 0 Å². The maximum Gasteiger partial charge on any atom is 0.254 e. The topological polar surface area (TPSA) is 43.1 Å². The second-order valence-electron chi connectivity index (χ2n) is 2.36. The molecule has 0 spiro atoms. The minimum Gasteiger partial charge on any atom is -0.398 e. The Labute approximate surface area is 70.0 Å². The lowest BCUT2D eigenvalue weighted by atomic mass is 10.1. The Bertz CT molecular complexity index is 296. The maximum absolute atomic E-state index is 10.7. The smallest absolute Gasteiger partial charge is 0.254 e. The highest BCUT2D eigenvalue weighted by Gasteiger charge is 2.05. The Morgan fingerprint density at radius 2 is 2.18 bits per heavy atom. The molecule has 0 radical (unpaired) electrons. The second kappa shape index (κ2) is 2.93. The van der Waals surface area contributed by atoms with Crippen LogP contribution >= 0.6 is 11.6 Å². The van der Waals surface area contributed by atoms with E-state index >= 15 is 0 Å².